The summed E-state index contributed by atoms with van der Waals surface area (Å²) in [6, 6.07) is 7.63. The fourth-order valence-corrected chi connectivity index (χ4v) is 7.50. The Morgan fingerprint density at radius 2 is 1.67 bits per heavy atom. The third-order valence-corrected chi connectivity index (χ3v) is 9.66. The lowest BCUT2D eigenvalue weighted by molar-refractivity contribution is -0.0298. The van der Waals surface area contributed by atoms with Crippen LogP contribution in [0.25, 0.3) is 11.3 Å². The Labute approximate surface area is 235 Å². The lowest BCUT2D eigenvalue weighted by Gasteiger charge is -2.27. The van der Waals surface area contributed by atoms with Crippen LogP contribution in [0.1, 0.15) is 95.3 Å². The van der Waals surface area contributed by atoms with Crippen LogP contribution in [0.2, 0.25) is 0 Å². The molecule has 0 spiro atoms. The van der Waals surface area contributed by atoms with Crippen molar-refractivity contribution in [2.45, 2.75) is 103 Å². The van der Waals surface area contributed by atoms with Gasteiger partial charge in [0.1, 0.15) is 0 Å². The number of hydrogen-bond donors (Lipinski definition) is 2. The van der Waals surface area contributed by atoms with Crippen LogP contribution in [0.5, 0.6) is 0 Å². The Morgan fingerprint density at radius 1 is 1.00 bits per heavy atom. The number of ether oxygens (including phenoxy) is 1. The summed E-state index contributed by atoms with van der Waals surface area (Å²) in [6.07, 6.45) is 6.18. The Morgan fingerprint density at radius 3 is 2.23 bits per heavy atom. The second-order valence-electron chi connectivity index (χ2n) is 13.6. The maximum Gasteiger partial charge on any atom is 0.253 e. The summed E-state index contributed by atoms with van der Waals surface area (Å²) in [5.74, 6) is 0.889. The molecule has 0 bridgehead atoms. The molecule has 1 aliphatic heterocycles. The van der Waals surface area contributed by atoms with Gasteiger partial charge in [-0.25, -0.2) is 13.1 Å². The number of carbonyl (C=O) groups is 1. The molecule has 2 aromatic rings. The Hall–Kier alpha value is -2.16. The first-order valence-electron chi connectivity index (χ1n) is 14.4. The highest BCUT2D eigenvalue weighted by molar-refractivity contribution is 7.89. The molecule has 1 saturated carbocycles. The monoisotopic (exact) mass is 557 g/mol. The zero-order valence-corrected chi connectivity index (χ0v) is 25.6. The zero-order valence-electron chi connectivity index (χ0n) is 24.8. The van der Waals surface area contributed by atoms with Gasteiger partial charge in [0.05, 0.1) is 23.7 Å². The molecule has 2 aliphatic rings. The number of carbonyl (C=O) groups excluding carboxylic acids is 1. The molecule has 0 radical (unpaired) electrons. The van der Waals surface area contributed by atoms with Gasteiger partial charge in [-0.05, 0) is 81.2 Å². The highest BCUT2D eigenvalue weighted by Crippen LogP contribution is 2.36. The maximum absolute atomic E-state index is 13.4. The minimum absolute atomic E-state index is 0.0623. The van der Waals surface area contributed by atoms with Crippen molar-refractivity contribution >= 4 is 15.9 Å². The van der Waals surface area contributed by atoms with Crippen molar-refractivity contribution in [3.8, 4) is 11.3 Å². The summed E-state index contributed by atoms with van der Waals surface area (Å²) in [6.45, 7) is 16.6. The highest BCUT2D eigenvalue weighted by Gasteiger charge is 2.30. The third-order valence-electron chi connectivity index (χ3n) is 7.85. The summed E-state index contributed by atoms with van der Waals surface area (Å²) in [4.78, 5) is 13.6. The van der Waals surface area contributed by atoms with Crippen LogP contribution in [-0.2, 0) is 26.7 Å². The molecule has 2 fully saturated rings. The summed E-state index contributed by atoms with van der Waals surface area (Å²) in [7, 11) is -3.72. The van der Waals surface area contributed by atoms with E-state index in [9.17, 15) is 13.2 Å². The van der Waals surface area contributed by atoms with E-state index in [-0.39, 0.29) is 5.91 Å². The quantitative estimate of drug-likeness (QED) is 0.430. The van der Waals surface area contributed by atoms with Crippen LogP contribution in [0.15, 0.2) is 29.2 Å². The summed E-state index contributed by atoms with van der Waals surface area (Å²) < 4.78 is 37.2. The second-order valence-corrected chi connectivity index (χ2v) is 15.2. The van der Waals surface area contributed by atoms with Crippen molar-refractivity contribution in [3.63, 3.8) is 0 Å². The van der Waals surface area contributed by atoms with Gasteiger partial charge in [-0.15, -0.1) is 0 Å². The minimum Gasteiger partial charge on any atom is -0.381 e. The normalized spacial score (nSPS) is 17.7. The first kappa shape index (κ1) is 29.8. The van der Waals surface area contributed by atoms with Crippen LogP contribution in [0.4, 0.5) is 0 Å². The molecule has 4 rings (SSSR count). The maximum atomic E-state index is 13.4. The number of hydrogen-bond acceptors (Lipinski definition) is 4. The van der Waals surface area contributed by atoms with E-state index < -0.39 is 21.0 Å². The number of rotatable bonds is 8. The number of aromatic nitrogens is 1. The fraction of sp³-hybridized carbons (Fsp3) is 0.645. The van der Waals surface area contributed by atoms with Crippen molar-refractivity contribution in [2.24, 2.45) is 11.8 Å². The van der Waals surface area contributed by atoms with Gasteiger partial charge in [0.2, 0.25) is 10.0 Å². The molecule has 7 nitrogen and oxygen atoms in total. The van der Waals surface area contributed by atoms with E-state index in [1.165, 1.54) is 32.1 Å². The SMILES string of the molecule is Cc1c(C(=O)NCC2COC2)cc(-c2ccc(S(=O)(=O)NC(C)(C)C)c(C(C)(C)C)c2)n1CC1CCCCC1. The van der Waals surface area contributed by atoms with Gasteiger partial charge in [0.25, 0.3) is 5.91 Å². The van der Waals surface area contributed by atoms with Gasteiger partial charge in [-0.3, -0.25) is 4.79 Å². The van der Waals surface area contributed by atoms with Crippen molar-refractivity contribution in [3.05, 3.63) is 41.1 Å². The Kier molecular flexibility index (Phi) is 8.70. The number of amides is 1. The molecule has 1 aromatic heterocycles. The number of nitrogens with one attached hydrogen (secondary N) is 2. The summed E-state index contributed by atoms with van der Waals surface area (Å²) >= 11 is 0. The molecular formula is C31H47N3O4S. The molecule has 1 amide bonds. The van der Waals surface area contributed by atoms with Crippen molar-refractivity contribution in [1.29, 1.82) is 0 Å². The van der Waals surface area contributed by atoms with Crippen LogP contribution in [-0.4, -0.2) is 44.2 Å². The molecule has 2 heterocycles. The molecule has 1 aliphatic carbocycles. The number of nitrogens with zero attached hydrogens (tertiary/aromatic N) is 1. The van der Waals surface area contributed by atoms with E-state index in [1.807, 2.05) is 66.7 Å². The predicted octanol–water partition coefficient (Wildman–Crippen LogP) is 5.79. The minimum atomic E-state index is -3.72. The van der Waals surface area contributed by atoms with E-state index in [1.54, 1.807) is 6.07 Å². The highest BCUT2D eigenvalue weighted by atomic mass is 32.2. The number of sulfonamides is 1. The van der Waals surface area contributed by atoms with Gasteiger partial charge >= 0.3 is 0 Å². The summed E-state index contributed by atoms with van der Waals surface area (Å²) in [5, 5.41) is 3.10. The molecule has 8 heteroatoms. The predicted molar refractivity (Wildman–Crippen MR) is 157 cm³/mol. The zero-order chi connectivity index (χ0) is 28.6. The lowest BCUT2D eigenvalue weighted by Crippen LogP contribution is -2.41. The fourth-order valence-electron chi connectivity index (χ4n) is 5.68. The van der Waals surface area contributed by atoms with Crippen molar-refractivity contribution < 1.29 is 17.9 Å². The van der Waals surface area contributed by atoms with Crippen LogP contribution in [0, 0.1) is 18.8 Å². The average Bonchev–Trinajstić information content (AvgIpc) is 3.12. The van der Waals surface area contributed by atoms with E-state index in [2.05, 4.69) is 14.6 Å². The average molecular weight is 558 g/mol. The van der Waals surface area contributed by atoms with Gasteiger partial charge in [0, 0.05) is 35.9 Å². The van der Waals surface area contributed by atoms with E-state index in [4.69, 9.17) is 4.74 Å². The van der Waals surface area contributed by atoms with E-state index in [0.717, 1.165) is 29.1 Å². The summed E-state index contributed by atoms with van der Waals surface area (Å²) in [5.41, 5.74) is 3.31. The van der Waals surface area contributed by atoms with Gasteiger partial charge in [-0.2, -0.15) is 0 Å². The van der Waals surface area contributed by atoms with Crippen LogP contribution < -0.4 is 10.0 Å². The molecule has 1 saturated heterocycles. The van der Waals surface area contributed by atoms with Crippen LogP contribution in [0.3, 0.4) is 0 Å². The van der Waals surface area contributed by atoms with Gasteiger partial charge < -0.3 is 14.6 Å². The largest absolute Gasteiger partial charge is 0.381 e. The van der Waals surface area contributed by atoms with E-state index >= 15 is 0 Å². The topological polar surface area (TPSA) is 89.4 Å². The second kappa shape index (κ2) is 11.4. The molecule has 216 valence electrons. The molecule has 1 aromatic carbocycles. The van der Waals surface area contributed by atoms with Crippen molar-refractivity contribution in [1.82, 2.24) is 14.6 Å². The molecule has 0 unspecified atom stereocenters. The number of benzene rings is 1. The first-order valence-corrected chi connectivity index (χ1v) is 15.9. The molecule has 39 heavy (non-hydrogen) atoms. The van der Waals surface area contributed by atoms with E-state index in [0.29, 0.717) is 42.1 Å². The first-order chi connectivity index (χ1) is 18.2. The van der Waals surface area contributed by atoms with Crippen molar-refractivity contribution in [2.75, 3.05) is 19.8 Å². The van der Waals surface area contributed by atoms with Crippen LogP contribution >= 0.6 is 0 Å². The van der Waals surface area contributed by atoms with Gasteiger partial charge in [-0.1, -0.05) is 46.1 Å². The molecular weight excluding hydrogens is 510 g/mol. The smallest absolute Gasteiger partial charge is 0.253 e. The Balaban J connectivity index is 1.77. The lowest BCUT2D eigenvalue weighted by atomic mass is 9.85. The molecule has 0 atom stereocenters. The molecule has 2 N–H and O–H groups in total. The standard InChI is InChI=1S/C31H47N3O4S/c1-21-25(29(35)32-17-23-19-38-20-23)16-27(34(21)18-22-11-9-8-10-12-22)24-13-14-28(26(15-24)30(2,3)4)39(36,37)33-31(5,6)7/h13-16,22-23,33H,8-12,17-20H2,1-7H3,(H,32,35). The Bertz CT molecular complexity index is 1290. The third kappa shape index (κ3) is 7.14. The van der Waals surface area contributed by atoms with Gasteiger partial charge in [0.15, 0.2) is 0 Å².